The maximum absolute atomic E-state index is 14.8. The number of sulfonamides is 1. The lowest BCUT2D eigenvalue weighted by molar-refractivity contribution is -0.139. The van der Waals surface area contributed by atoms with E-state index in [1.165, 1.54) is 30.2 Å². The van der Waals surface area contributed by atoms with E-state index in [0.717, 1.165) is 42.0 Å². The summed E-state index contributed by atoms with van der Waals surface area (Å²) in [7, 11) is -2.83. The number of ether oxygens (including phenoxy) is 1. The zero-order valence-electron chi connectivity index (χ0n) is 24.3. The smallest absolute Gasteiger partial charge is 0.264 e. The fraction of sp³-hybridized carbons (Fsp3) is 0.375. The zero-order chi connectivity index (χ0) is 30.3. The van der Waals surface area contributed by atoms with E-state index >= 15 is 0 Å². The summed E-state index contributed by atoms with van der Waals surface area (Å²) in [6, 6.07) is 17.9. The van der Waals surface area contributed by atoms with Gasteiger partial charge in [0, 0.05) is 18.2 Å². The third kappa shape index (κ3) is 7.28. The molecule has 1 N–H and O–H groups in total. The van der Waals surface area contributed by atoms with E-state index in [2.05, 4.69) is 5.32 Å². The van der Waals surface area contributed by atoms with Crippen LogP contribution < -0.4 is 14.4 Å². The maximum atomic E-state index is 14.8. The number of carbonyl (C=O) groups is 2. The van der Waals surface area contributed by atoms with E-state index in [0.29, 0.717) is 0 Å². The second-order valence-corrected chi connectivity index (χ2v) is 12.5. The second kappa shape index (κ2) is 13.8. The topological polar surface area (TPSA) is 96.0 Å². The van der Waals surface area contributed by atoms with Gasteiger partial charge < -0.3 is 15.0 Å². The number of carbonyl (C=O) groups excluding carboxylic acids is 2. The van der Waals surface area contributed by atoms with Gasteiger partial charge in [0.2, 0.25) is 11.8 Å². The van der Waals surface area contributed by atoms with Gasteiger partial charge in [-0.3, -0.25) is 13.9 Å². The minimum Gasteiger partial charge on any atom is -0.495 e. The average Bonchev–Trinajstić information content (AvgIpc) is 2.99. The van der Waals surface area contributed by atoms with Crippen LogP contribution in [-0.2, 0) is 26.2 Å². The summed E-state index contributed by atoms with van der Waals surface area (Å²) in [5, 5.41) is 3.04. The number of benzene rings is 3. The van der Waals surface area contributed by atoms with E-state index in [-0.39, 0.29) is 40.4 Å². The number of halogens is 1. The van der Waals surface area contributed by atoms with E-state index < -0.39 is 34.3 Å². The fourth-order valence-corrected chi connectivity index (χ4v) is 6.63. The Morgan fingerprint density at radius 1 is 1.00 bits per heavy atom. The summed E-state index contributed by atoms with van der Waals surface area (Å²) in [5.74, 6) is -1.29. The summed E-state index contributed by atoms with van der Waals surface area (Å²) in [6.07, 6.45) is 4.86. The first-order valence-electron chi connectivity index (χ1n) is 14.2. The molecule has 0 heterocycles. The molecule has 1 fully saturated rings. The maximum Gasteiger partial charge on any atom is 0.264 e. The van der Waals surface area contributed by atoms with E-state index in [4.69, 9.17) is 4.74 Å². The molecule has 1 aliphatic carbocycles. The third-order valence-electron chi connectivity index (χ3n) is 7.63. The molecule has 0 aliphatic heterocycles. The van der Waals surface area contributed by atoms with Crippen LogP contribution in [0.5, 0.6) is 5.75 Å². The third-order valence-corrected chi connectivity index (χ3v) is 9.40. The number of aryl methyl sites for hydroxylation is 1. The Kier molecular flexibility index (Phi) is 10.2. The molecule has 224 valence electrons. The number of nitrogens with one attached hydrogen (secondary N) is 1. The number of methoxy groups -OCH3 is 1. The largest absolute Gasteiger partial charge is 0.495 e. The summed E-state index contributed by atoms with van der Waals surface area (Å²) < 4.78 is 49.3. The minimum atomic E-state index is -4.25. The predicted molar refractivity (Wildman–Crippen MR) is 160 cm³/mol. The number of hydrogen-bond acceptors (Lipinski definition) is 5. The molecule has 0 saturated heterocycles. The van der Waals surface area contributed by atoms with Crippen molar-refractivity contribution in [3.05, 3.63) is 89.7 Å². The molecule has 0 aromatic heterocycles. The van der Waals surface area contributed by atoms with Gasteiger partial charge in [0.1, 0.15) is 24.2 Å². The number of amides is 2. The molecule has 3 aromatic carbocycles. The average molecular weight is 596 g/mol. The van der Waals surface area contributed by atoms with E-state index in [1.807, 2.05) is 0 Å². The van der Waals surface area contributed by atoms with Crippen molar-refractivity contribution in [1.82, 2.24) is 10.2 Å². The van der Waals surface area contributed by atoms with Crippen LogP contribution in [-0.4, -0.2) is 50.9 Å². The first kappa shape index (κ1) is 31.0. The molecule has 0 radical (unpaired) electrons. The highest BCUT2D eigenvalue weighted by Gasteiger charge is 2.34. The van der Waals surface area contributed by atoms with Crippen molar-refractivity contribution in [1.29, 1.82) is 0 Å². The highest BCUT2D eigenvalue weighted by molar-refractivity contribution is 7.92. The van der Waals surface area contributed by atoms with Crippen molar-refractivity contribution in [2.75, 3.05) is 18.0 Å². The molecule has 1 atom stereocenters. The van der Waals surface area contributed by atoms with Gasteiger partial charge in [0.25, 0.3) is 10.0 Å². The van der Waals surface area contributed by atoms with Crippen molar-refractivity contribution in [2.45, 2.75) is 69.5 Å². The predicted octanol–water partition coefficient (Wildman–Crippen LogP) is 5.20. The van der Waals surface area contributed by atoms with Crippen molar-refractivity contribution in [3.63, 3.8) is 0 Å². The Morgan fingerprint density at radius 2 is 1.67 bits per heavy atom. The Labute approximate surface area is 247 Å². The normalized spacial score (nSPS) is 14.6. The van der Waals surface area contributed by atoms with Crippen LogP contribution in [0.1, 0.15) is 50.2 Å². The van der Waals surface area contributed by atoms with Crippen LogP contribution in [0.25, 0.3) is 0 Å². The fourth-order valence-electron chi connectivity index (χ4n) is 5.19. The zero-order valence-corrected chi connectivity index (χ0v) is 25.1. The van der Waals surface area contributed by atoms with Gasteiger partial charge in [0.15, 0.2) is 0 Å². The Morgan fingerprint density at radius 3 is 2.33 bits per heavy atom. The van der Waals surface area contributed by atoms with Crippen molar-refractivity contribution < 1.29 is 27.1 Å². The highest BCUT2D eigenvalue weighted by Crippen LogP contribution is 2.34. The molecule has 10 heteroatoms. The van der Waals surface area contributed by atoms with E-state index in [1.54, 1.807) is 68.4 Å². The number of rotatable bonds is 11. The van der Waals surface area contributed by atoms with Gasteiger partial charge >= 0.3 is 0 Å². The van der Waals surface area contributed by atoms with Gasteiger partial charge in [-0.1, -0.05) is 61.7 Å². The Balaban J connectivity index is 1.73. The van der Waals surface area contributed by atoms with Crippen molar-refractivity contribution in [2.24, 2.45) is 0 Å². The van der Waals surface area contributed by atoms with Crippen LogP contribution >= 0.6 is 0 Å². The lowest BCUT2D eigenvalue weighted by atomic mass is 9.95. The molecule has 4 rings (SSSR count). The summed E-state index contributed by atoms with van der Waals surface area (Å²) in [4.78, 5) is 28.8. The summed E-state index contributed by atoms with van der Waals surface area (Å²) >= 11 is 0. The van der Waals surface area contributed by atoms with Crippen LogP contribution in [0.2, 0.25) is 0 Å². The number of hydrogen-bond donors (Lipinski definition) is 1. The lowest BCUT2D eigenvalue weighted by Gasteiger charge is -2.33. The van der Waals surface area contributed by atoms with Crippen molar-refractivity contribution >= 4 is 27.5 Å². The van der Waals surface area contributed by atoms with Crippen LogP contribution in [0, 0.1) is 12.7 Å². The molecule has 0 spiro atoms. The molecule has 42 heavy (non-hydrogen) atoms. The van der Waals surface area contributed by atoms with Gasteiger partial charge in [0.05, 0.1) is 17.7 Å². The molecule has 1 saturated carbocycles. The summed E-state index contributed by atoms with van der Waals surface area (Å²) in [5.41, 5.74) is 1.16. The molecule has 3 aromatic rings. The first-order valence-corrected chi connectivity index (χ1v) is 15.6. The first-order chi connectivity index (χ1) is 20.1. The van der Waals surface area contributed by atoms with Gasteiger partial charge in [-0.2, -0.15) is 0 Å². The SMILES string of the molecule is COc1ccc(C)cc1N(CC(=O)N(Cc1ccccc1F)[C@@H](C)C(=O)NC1CCCCC1)S(=O)(=O)c1ccccc1. The molecule has 0 unspecified atom stereocenters. The second-order valence-electron chi connectivity index (χ2n) is 10.6. The lowest BCUT2D eigenvalue weighted by Crippen LogP contribution is -2.53. The summed E-state index contributed by atoms with van der Waals surface area (Å²) in [6.45, 7) is 2.54. The highest BCUT2D eigenvalue weighted by atomic mass is 32.2. The molecular weight excluding hydrogens is 557 g/mol. The van der Waals surface area contributed by atoms with Gasteiger partial charge in [-0.15, -0.1) is 0 Å². The number of nitrogens with zero attached hydrogens (tertiary/aromatic N) is 2. The van der Waals surface area contributed by atoms with Gasteiger partial charge in [-0.25, -0.2) is 12.8 Å². The minimum absolute atomic E-state index is 0.00521. The Hall–Kier alpha value is -3.92. The molecular formula is C32H38FN3O5S. The van der Waals surface area contributed by atoms with Crippen LogP contribution in [0.15, 0.2) is 77.7 Å². The Bertz CT molecular complexity index is 1490. The molecule has 2 amide bonds. The quantitative estimate of drug-likeness (QED) is 0.329. The molecule has 1 aliphatic rings. The monoisotopic (exact) mass is 595 g/mol. The van der Waals surface area contributed by atoms with Crippen LogP contribution in [0.4, 0.5) is 10.1 Å². The molecule has 0 bridgehead atoms. The van der Waals surface area contributed by atoms with E-state index in [9.17, 15) is 22.4 Å². The van der Waals surface area contributed by atoms with Gasteiger partial charge in [-0.05, 0) is 62.6 Å². The van der Waals surface area contributed by atoms with Crippen molar-refractivity contribution in [3.8, 4) is 5.75 Å². The number of anilines is 1. The van der Waals surface area contributed by atoms with Crippen LogP contribution in [0.3, 0.4) is 0 Å². The molecule has 8 nitrogen and oxygen atoms in total. The standard InChI is InChI=1S/C32H38FN3O5S/c1-23-18-19-30(41-3)29(20-23)36(42(39,40)27-15-8-5-9-16-27)22-31(37)35(21-25-12-10-11-17-28(25)33)24(2)32(38)34-26-13-6-4-7-14-26/h5,8-12,15-20,24,26H,4,6-7,13-14,21-22H2,1-3H3,(H,34,38)/t24-/m0/s1.